The summed E-state index contributed by atoms with van der Waals surface area (Å²) in [5, 5.41) is 2.36. The van der Waals surface area contributed by atoms with Gasteiger partial charge < -0.3 is 31.4 Å². The van der Waals surface area contributed by atoms with E-state index < -0.39 is 0 Å². The van der Waals surface area contributed by atoms with Crippen LogP contribution in [0.15, 0.2) is 30.5 Å². The van der Waals surface area contributed by atoms with Crippen LogP contribution in [0.3, 0.4) is 0 Å². The molecule has 2 aromatic carbocycles. The summed E-state index contributed by atoms with van der Waals surface area (Å²) in [7, 11) is 3.35. The zero-order valence-electron chi connectivity index (χ0n) is 16.2. The normalized spacial score (nSPS) is 13.1. The largest absolute Gasteiger partial charge is 1.00 e. The first-order valence-electron chi connectivity index (χ1n) is 9.27. The number of hydrogen-bond donors (Lipinski definition) is 0. The minimum absolute atomic E-state index is 0. The van der Waals surface area contributed by atoms with Gasteiger partial charge in [0.25, 0.3) is 0 Å². The average molecular weight is 400 g/mol. The van der Waals surface area contributed by atoms with Crippen molar-refractivity contribution in [3.05, 3.63) is 41.6 Å². The number of benzene rings is 2. The molecule has 5 nitrogen and oxygen atoms in total. The lowest BCUT2D eigenvalue weighted by Gasteiger charge is -2.12. The lowest BCUT2D eigenvalue weighted by Crippen LogP contribution is -3.00. The molecule has 0 amide bonds. The molecular weight excluding hydrogens is 378 g/mol. The maximum absolute atomic E-state index is 5.62. The van der Waals surface area contributed by atoms with Crippen LogP contribution in [0.4, 0.5) is 0 Å². The molecule has 1 aromatic heterocycles. The van der Waals surface area contributed by atoms with Gasteiger partial charge in [-0.2, -0.15) is 4.57 Å². The molecule has 0 saturated heterocycles. The zero-order valence-corrected chi connectivity index (χ0v) is 16.9. The number of aromatic nitrogens is 1. The Balaban J connectivity index is 0.00000192. The van der Waals surface area contributed by atoms with E-state index >= 15 is 0 Å². The molecule has 0 radical (unpaired) electrons. The second kappa shape index (κ2) is 7.06. The highest BCUT2D eigenvalue weighted by Gasteiger charge is 2.33. The van der Waals surface area contributed by atoms with Gasteiger partial charge in [-0.15, -0.1) is 0 Å². The van der Waals surface area contributed by atoms with E-state index in [-0.39, 0.29) is 12.4 Å². The van der Waals surface area contributed by atoms with Crippen LogP contribution in [-0.2, 0) is 13.0 Å². The van der Waals surface area contributed by atoms with Gasteiger partial charge in [-0.25, -0.2) is 0 Å². The van der Waals surface area contributed by atoms with E-state index in [0.717, 1.165) is 47.8 Å². The summed E-state index contributed by atoms with van der Waals surface area (Å²) in [6, 6.07) is 8.41. The van der Waals surface area contributed by atoms with Crippen molar-refractivity contribution in [1.29, 1.82) is 0 Å². The maximum Gasteiger partial charge on any atom is 0.231 e. The molecule has 2 aliphatic rings. The van der Waals surface area contributed by atoms with Crippen LogP contribution >= 0.6 is 0 Å². The van der Waals surface area contributed by atoms with Crippen molar-refractivity contribution in [2.75, 3.05) is 21.0 Å². The molecule has 0 bridgehead atoms. The van der Waals surface area contributed by atoms with E-state index in [9.17, 15) is 0 Å². The summed E-state index contributed by atoms with van der Waals surface area (Å²) in [5.41, 5.74) is 5.10. The van der Waals surface area contributed by atoms with Crippen LogP contribution in [0, 0.1) is 0 Å². The molecule has 2 heterocycles. The summed E-state index contributed by atoms with van der Waals surface area (Å²) in [6.07, 6.45) is 4.16. The van der Waals surface area contributed by atoms with Crippen molar-refractivity contribution >= 4 is 10.8 Å². The highest BCUT2D eigenvalue weighted by molar-refractivity contribution is 5.94. The van der Waals surface area contributed by atoms with E-state index in [0.29, 0.717) is 6.79 Å². The number of methoxy groups -OCH3 is 2. The Labute approximate surface area is 170 Å². The fourth-order valence-corrected chi connectivity index (χ4v) is 4.25. The van der Waals surface area contributed by atoms with Crippen LogP contribution in [0.1, 0.15) is 24.5 Å². The van der Waals surface area contributed by atoms with E-state index in [4.69, 9.17) is 18.9 Å². The highest BCUT2D eigenvalue weighted by atomic mass is 35.5. The molecule has 5 rings (SSSR count). The lowest BCUT2D eigenvalue weighted by molar-refractivity contribution is -0.685. The molecule has 28 heavy (non-hydrogen) atoms. The summed E-state index contributed by atoms with van der Waals surface area (Å²) in [6.45, 7) is 3.46. The molecule has 0 spiro atoms. The molecule has 3 aromatic rings. The first-order chi connectivity index (χ1) is 13.2. The van der Waals surface area contributed by atoms with Gasteiger partial charge >= 0.3 is 0 Å². The monoisotopic (exact) mass is 399 g/mol. The minimum Gasteiger partial charge on any atom is -1.00 e. The molecule has 0 unspecified atom stereocenters. The number of aryl methyl sites for hydroxylation is 1. The van der Waals surface area contributed by atoms with Crippen LogP contribution in [0.5, 0.6) is 23.0 Å². The molecule has 0 N–H and O–H groups in total. The Hall–Kier alpha value is -2.66. The fourth-order valence-electron chi connectivity index (χ4n) is 4.25. The highest BCUT2D eigenvalue weighted by Crippen LogP contribution is 2.46. The molecule has 1 aliphatic heterocycles. The predicted molar refractivity (Wildman–Crippen MR) is 102 cm³/mol. The van der Waals surface area contributed by atoms with Gasteiger partial charge in [0, 0.05) is 29.2 Å². The molecule has 6 heteroatoms. The van der Waals surface area contributed by atoms with Crippen molar-refractivity contribution < 1.29 is 35.9 Å². The van der Waals surface area contributed by atoms with E-state index in [2.05, 4.69) is 42.0 Å². The van der Waals surface area contributed by atoms with Gasteiger partial charge in [0.1, 0.15) is 6.54 Å². The summed E-state index contributed by atoms with van der Waals surface area (Å²) >= 11 is 0. The zero-order chi connectivity index (χ0) is 18.5. The quantitative estimate of drug-likeness (QED) is 0.477. The van der Waals surface area contributed by atoms with Gasteiger partial charge in [-0.05, 0) is 29.8 Å². The lowest BCUT2D eigenvalue weighted by atomic mass is 10.0. The van der Waals surface area contributed by atoms with Crippen LogP contribution in [0.2, 0.25) is 0 Å². The Kier molecular flexibility index (Phi) is 4.71. The maximum atomic E-state index is 5.62. The summed E-state index contributed by atoms with van der Waals surface area (Å²) in [4.78, 5) is 0. The Morgan fingerprint density at radius 2 is 1.71 bits per heavy atom. The van der Waals surface area contributed by atoms with E-state index in [1.807, 2.05) is 0 Å². The fraction of sp³-hybridized carbons (Fsp3) is 0.318. The third kappa shape index (κ3) is 2.65. The standard InChI is InChI=1S/C22H22NO4.ClH/c1-4-5-23-11-14-8-18(24-2)19(25-3)9-15(14)17-6-13-7-20-21(27-12-26-20)10-16(13)22(17)23;/h7-11H,4-6,12H2,1-3H3;1H/q+1;/p-1. The molecule has 146 valence electrons. The number of nitrogens with zero attached hydrogens (tertiary/aromatic N) is 1. The first-order valence-corrected chi connectivity index (χ1v) is 9.27. The SMILES string of the molecule is CCC[n+]1cc2cc(OC)c(OC)cc2c2c1-c1cc3c(cc1C2)OCO3.[Cl-]. The van der Waals surface area contributed by atoms with Gasteiger partial charge in [0.2, 0.25) is 12.5 Å². The van der Waals surface area contributed by atoms with Crippen LogP contribution < -0.4 is 35.9 Å². The van der Waals surface area contributed by atoms with Gasteiger partial charge in [0.15, 0.2) is 29.2 Å². The summed E-state index contributed by atoms with van der Waals surface area (Å²) in [5.74, 6) is 3.18. The number of fused-ring (bicyclic) bond motifs is 6. The van der Waals surface area contributed by atoms with E-state index in [1.165, 1.54) is 27.8 Å². The molecule has 1 aliphatic carbocycles. The number of rotatable bonds is 4. The second-order valence-electron chi connectivity index (χ2n) is 6.98. The molecule has 0 fully saturated rings. The summed E-state index contributed by atoms with van der Waals surface area (Å²) < 4.78 is 24.6. The van der Waals surface area contributed by atoms with Crippen molar-refractivity contribution in [1.82, 2.24) is 0 Å². The van der Waals surface area contributed by atoms with Crippen molar-refractivity contribution in [3.63, 3.8) is 0 Å². The van der Waals surface area contributed by atoms with Crippen LogP contribution in [-0.4, -0.2) is 21.0 Å². The smallest absolute Gasteiger partial charge is 0.231 e. The third-order valence-electron chi connectivity index (χ3n) is 5.43. The second-order valence-corrected chi connectivity index (χ2v) is 6.98. The minimum atomic E-state index is 0. The number of hydrogen-bond acceptors (Lipinski definition) is 4. The Morgan fingerprint density at radius 1 is 1.00 bits per heavy atom. The first kappa shape index (κ1) is 18.7. The van der Waals surface area contributed by atoms with Gasteiger partial charge in [0.05, 0.1) is 19.8 Å². The predicted octanol–water partition coefficient (Wildman–Crippen LogP) is 0.858. The molecule has 0 atom stereocenters. The van der Waals surface area contributed by atoms with Crippen molar-refractivity contribution in [2.45, 2.75) is 26.3 Å². The number of halogens is 1. The molecule has 0 saturated carbocycles. The van der Waals surface area contributed by atoms with Gasteiger partial charge in [-0.3, -0.25) is 0 Å². The molecular formula is C22H22ClNO4. The third-order valence-corrected chi connectivity index (χ3v) is 5.43. The number of pyridine rings is 1. The topological polar surface area (TPSA) is 40.8 Å². The Morgan fingerprint density at radius 3 is 2.43 bits per heavy atom. The van der Waals surface area contributed by atoms with E-state index in [1.54, 1.807) is 14.2 Å². The van der Waals surface area contributed by atoms with Gasteiger partial charge in [-0.1, -0.05) is 6.92 Å². The van der Waals surface area contributed by atoms with Crippen molar-refractivity contribution in [2.24, 2.45) is 0 Å². The number of ether oxygens (including phenoxy) is 4. The van der Waals surface area contributed by atoms with Crippen LogP contribution in [0.25, 0.3) is 22.0 Å². The van der Waals surface area contributed by atoms with Crippen molar-refractivity contribution in [3.8, 4) is 34.3 Å². The average Bonchev–Trinajstić information content (AvgIpc) is 3.29. The Bertz CT molecular complexity index is 1080.